The molecule has 0 N–H and O–H groups in total. The average molecular weight is 367 g/mol. The Labute approximate surface area is 149 Å². The van der Waals surface area contributed by atoms with Crippen molar-refractivity contribution in [2.75, 3.05) is 6.61 Å². The number of imidazole rings is 1. The zero-order valence-electron chi connectivity index (χ0n) is 16.0. The van der Waals surface area contributed by atoms with E-state index in [9.17, 15) is 9.59 Å². The maximum absolute atomic E-state index is 12.8. The molecule has 0 aliphatic rings. The molecule has 8 heteroatoms. The number of fused-ring (bicyclic) bond motifs is 1. The van der Waals surface area contributed by atoms with Gasteiger partial charge in [-0.25, -0.2) is 9.78 Å². The number of hydrogen-bond acceptors (Lipinski definition) is 4. The van der Waals surface area contributed by atoms with Gasteiger partial charge in [0.05, 0.1) is 6.33 Å². The summed E-state index contributed by atoms with van der Waals surface area (Å²) in [6.45, 7) is 12.8. The number of rotatable bonds is 9. The van der Waals surface area contributed by atoms with E-state index in [4.69, 9.17) is 4.74 Å². The van der Waals surface area contributed by atoms with E-state index >= 15 is 0 Å². The lowest BCUT2D eigenvalue weighted by Crippen LogP contribution is -2.40. The molecule has 25 heavy (non-hydrogen) atoms. The zero-order chi connectivity index (χ0) is 18.6. The van der Waals surface area contributed by atoms with Crippen LogP contribution in [-0.2, 0) is 24.6 Å². The predicted molar refractivity (Wildman–Crippen MR) is 103 cm³/mol. The van der Waals surface area contributed by atoms with Crippen molar-refractivity contribution < 1.29 is 4.74 Å². The minimum absolute atomic E-state index is 0.272. The zero-order valence-corrected chi connectivity index (χ0v) is 17.0. The van der Waals surface area contributed by atoms with Crippen LogP contribution in [0.5, 0.6) is 0 Å². The van der Waals surface area contributed by atoms with Crippen LogP contribution in [0.1, 0.15) is 26.7 Å². The Balaban J connectivity index is 2.40. The molecule has 2 aromatic rings. The highest BCUT2D eigenvalue weighted by atomic mass is 28.3. The highest BCUT2D eigenvalue weighted by Gasteiger charge is 2.18. The number of aryl methyl sites for hydroxylation is 1. The van der Waals surface area contributed by atoms with E-state index in [1.165, 1.54) is 4.57 Å². The summed E-state index contributed by atoms with van der Waals surface area (Å²) in [5, 5.41) is 0. The van der Waals surface area contributed by atoms with Gasteiger partial charge in [-0.3, -0.25) is 13.9 Å². The minimum Gasteiger partial charge on any atom is -0.361 e. The van der Waals surface area contributed by atoms with E-state index in [1.54, 1.807) is 15.5 Å². The lowest BCUT2D eigenvalue weighted by molar-refractivity contribution is 0.0896. The van der Waals surface area contributed by atoms with Crippen LogP contribution in [0.15, 0.2) is 15.9 Å². The molecular formula is C17H30N4O3Si. The molecule has 0 saturated heterocycles. The molecule has 0 saturated carbocycles. The van der Waals surface area contributed by atoms with Crippen molar-refractivity contribution in [3.8, 4) is 0 Å². The molecule has 0 aliphatic heterocycles. The van der Waals surface area contributed by atoms with Gasteiger partial charge in [-0.2, -0.15) is 0 Å². The van der Waals surface area contributed by atoms with E-state index in [-0.39, 0.29) is 18.0 Å². The van der Waals surface area contributed by atoms with Gasteiger partial charge in [0.15, 0.2) is 11.2 Å². The fourth-order valence-corrected chi connectivity index (χ4v) is 3.48. The fourth-order valence-electron chi connectivity index (χ4n) is 2.72. The Morgan fingerprint density at radius 1 is 1.08 bits per heavy atom. The smallest absolute Gasteiger partial charge is 0.332 e. The lowest BCUT2D eigenvalue weighted by atomic mass is 10.4. The molecule has 0 spiro atoms. The Morgan fingerprint density at radius 3 is 2.32 bits per heavy atom. The maximum atomic E-state index is 12.8. The van der Waals surface area contributed by atoms with Gasteiger partial charge < -0.3 is 9.30 Å². The highest BCUT2D eigenvalue weighted by Crippen LogP contribution is 2.10. The Kier molecular flexibility index (Phi) is 6.40. The first-order valence-electron chi connectivity index (χ1n) is 9.06. The molecule has 0 unspecified atom stereocenters. The maximum Gasteiger partial charge on any atom is 0.332 e. The number of ether oxygens (including phenoxy) is 1. The van der Waals surface area contributed by atoms with Crippen LogP contribution < -0.4 is 11.2 Å². The van der Waals surface area contributed by atoms with Crippen LogP contribution in [0.25, 0.3) is 11.2 Å². The molecule has 2 heterocycles. The summed E-state index contributed by atoms with van der Waals surface area (Å²) in [7, 11) is -1.15. The third-order valence-electron chi connectivity index (χ3n) is 4.10. The van der Waals surface area contributed by atoms with Gasteiger partial charge in [0.2, 0.25) is 0 Å². The topological polar surface area (TPSA) is 71.0 Å². The number of hydrogen-bond donors (Lipinski definition) is 0. The van der Waals surface area contributed by atoms with Gasteiger partial charge in [-0.05, 0) is 18.9 Å². The summed E-state index contributed by atoms with van der Waals surface area (Å²) in [6, 6.07) is 1.07. The second-order valence-corrected chi connectivity index (χ2v) is 13.2. The normalized spacial score (nSPS) is 12.2. The molecule has 0 radical (unpaired) electrons. The van der Waals surface area contributed by atoms with E-state index in [2.05, 4.69) is 24.6 Å². The molecule has 140 valence electrons. The Hall–Kier alpha value is -1.67. The molecule has 0 bridgehead atoms. The first-order valence-corrected chi connectivity index (χ1v) is 12.8. The van der Waals surface area contributed by atoms with E-state index in [1.807, 2.05) is 13.8 Å². The SMILES string of the molecule is CCCn1c(=O)c2c(ncn2COCC[Si](C)(C)C)n(CCC)c1=O. The second kappa shape index (κ2) is 8.14. The molecular weight excluding hydrogens is 336 g/mol. The van der Waals surface area contributed by atoms with Crippen LogP contribution in [0.3, 0.4) is 0 Å². The van der Waals surface area contributed by atoms with Crippen LogP contribution in [0, 0.1) is 0 Å². The van der Waals surface area contributed by atoms with Crippen molar-refractivity contribution >= 4 is 19.2 Å². The van der Waals surface area contributed by atoms with Gasteiger partial charge >= 0.3 is 5.69 Å². The van der Waals surface area contributed by atoms with Crippen LogP contribution >= 0.6 is 0 Å². The lowest BCUT2D eigenvalue weighted by Gasteiger charge is -2.16. The van der Waals surface area contributed by atoms with Crippen molar-refractivity contribution in [3.05, 3.63) is 27.2 Å². The molecule has 0 amide bonds. The first kappa shape index (κ1) is 19.6. The highest BCUT2D eigenvalue weighted by molar-refractivity contribution is 6.76. The molecule has 2 rings (SSSR count). The molecule has 0 aliphatic carbocycles. The van der Waals surface area contributed by atoms with Crippen LogP contribution in [0.2, 0.25) is 25.7 Å². The van der Waals surface area contributed by atoms with Crippen molar-refractivity contribution in [2.24, 2.45) is 0 Å². The van der Waals surface area contributed by atoms with Gasteiger partial charge in [-0.15, -0.1) is 0 Å². The quantitative estimate of drug-likeness (QED) is 0.505. The van der Waals surface area contributed by atoms with Gasteiger partial charge in [0.25, 0.3) is 5.56 Å². The van der Waals surface area contributed by atoms with Crippen LogP contribution in [0.4, 0.5) is 0 Å². The van der Waals surface area contributed by atoms with E-state index < -0.39 is 8.07 Å². The Bertz CT molecular complexity index is 829. The van der Waals surface area contributed by atoms with E-state index in [0.29, 0.717) is 30.9 Å². The summed E-state index contributed by atoms with van der Waals surface area (Å²) in [6.07, 6.45) is 3.13. The number of aromatic nitrogens is 4. The van der Waals surface area contributed by atoms with Crippen molar-refractivity contribution in [2.45, 2.75) is 72.2 Å². The predicted octanol–water partition coefficient (Wildman–Crippen LogP) is 2.49. The minimum atomic E-state index is -1.15. The molecule has 7 nitrogen and oxygen atoms in total. The fraction of sp³-hybridized carbons (Fsp3) is 0.706. The largest absolute Gasteiger partial charge is 0.361 e. The monoisotopic (exact) mass is 366 g/mol. The van der Waals surface area contributed by atoms with E-state index in [0.717, 1.165) is 18.9 Å². The van der Waals surface area contributed by atoms with Gasteiger partial charge in [0, 0.05) is 27.8 Å². The molecule has 0 atom stereocenters. The summed E-state index contributed by atoms with van der Waals surface area (Å²) >= 11 is 0. The van der Waals surface area contributed by atoms with Crippen LogP contribution in [-0.4, -0.2) is 33.4 Å². The third-order valence-corrected chi connectivity index (χ3v) is 5.81. The summed E-state index contributed by atoms with van der Waals surface area (Å²) in [4.78, 5) is 29.8. The average Bonchev–Trinajstić information content (AvgIpc) is 2.95. The first-order chi connectivity index (χ1) is 11.8. The molecule has 0 aromatic carbocycles. The summed E-state index contributed by atoms with van der Waals surface area (Å²) in [5.41, 5.74) is 0.360. The van der Waals surface area contributed by atoms with Crippen molar-refractivity contribution in [1.82, 2.24) is 18.7 Å². The van der Waals surface area contributed by atoms with Crippen molar-refractivity contribution in [1.29, 1.82) is 0 Å². The second-order valence-electron chi connectivity index (χ2n) is 7.63. The van der Waals surface area contributed by atoms with Gasteiger partial charge in [-0.1, -0.05) is 33.5 Å². The third kappa shape index (κ3) is 4.49. The summed E-state index contributed by atoms with van der Waals surface area (Å²) in [5.74, 6) is 0. The van der Waals surface area contributed by atoms with Crippen molar-refractivity contribution in [3.63, 3.8) is 0 Å². The van der Waals surface area contributed by atoms with Gasteiger partial charge in [0.1, 0.15) is 6.73 Å². The number of nitrogens with zero attached hydrogens (tertiary/aromatic N) is 4. The molecule has 2 aromatic heterocycles. The summed E-state index contributed by atoms with van der Waals surface area (Å²) < 4.78 is 10.4. The Morgan fingerprint density at radius 2 is 1.72 bits per heavy atom. The molecule has 0 fully saturated rings. The standard InChI is InChI=1S/C17H30N4O3Si/c1-6-8-20-15-14(16(22)21(9-7-2)17(20)23)19(12-18-15)13-24-10-11-25(3,4)5/h12H,6-11,13H2,1-5H3.